The van der Waals surface area contributed by atoms with Gasteiger partial charge in [-0.2, -0.15) is 5.10 Å². The first-order valence-corrected chi connectivity index (χ1v) is 5.86. The molecule has 0 saturated heterocycles. The Labute approximate surface area is 101 Å². The summed E-state index contributed by atoms with van der Waals surface area (Å²) in [6, 6.07) is 0.256. The first kappa shape index (κ1) is 11.9. The van der Waals surface area contributed by atoms with Crippen LogP contribution in [0.25, 0.3) is 0 Å². The monoisotopic (exact) mass is 233 g/mol. The van der Waals surface area contributed by atoms with Gasteiger partial charge in [0.25, 0.3) is 0 Å². The number of aromatic nitrogens is 4. The van der Waals surface area contributed by atoms with Crippen LogP contribution >= 0.6 is 0 Å². The third kappa shape index (κ3) is 2.94. The van der Waals surface area contributed by atoms with Crippen LogP contribution in [0.1, 0.15) is 24.4 Å². The maximum atomic E-state index is 4.32. The first-order chi connectivity index (χ1) is 8.16. The molecule has 0 amide bonds. The molecule has 1 N–H and O–H groups in total. The van der Waals surface area contributed by atoms with Crippen molar-refractivity contribution in [3.63, 3.8) is 0 Å². The minimum atomic E-state index is 0.256. The fraction of sp³-hybridized carbons (Fsp3) is 0.500. The number of nitrogens with zero attached hydrogens (tertiary/aromatic N) is 4. The Hall–Kier alpha value is -1.62. The third-order valence-corrected chi connectivity index (χ3v) is 2.80. The Kier molecular flexibility index (Phi) is 3.58. The molecule has 1 unspecified atom stereocenters. The molecule has 1 atom stereocenters. The predicted octanol–water partition coefficient (Wildman–Crippen LogP) is 1.28. The molecule has 0 fully saturated rings. The molecule has 17 heavy (non-hydrogen) atoms. The minimum absolute atomic E-state index is 0.256. The van der Waals surface area contributed by atoms with Crippen molar-refractivity contribution < 1.29 is 0 Å². The van der Waals surface area contributed by atoms with Crippen LogP contribution in [0.5, 0.6) is 0 Å². The summed E-state index contributed by atoms with van der Waals surface area (Å²) < 4.78 is 3.99. The van der Waals surface area contributed by atoms with Gasteiger partial charge in [0.1, 0.15) is 5.82 Å². The Morgan fingerprint density at radius 3 is 2.88 bits per heavy atom. The van der Waals surface area contributed by atoms with E-state index in [4.69, 9.17) is 0 Å². The highest BCUT2D eigenvalue weighted by Gasteiger charge is 2.08. The van der Waals surface area contributed by atoms with Crippen molar-refractivity contribution in [2.24, 2.45) is 7.05 Å². The van der Waals surface area contributed by atoms with Crippen molar-refractivity contribution >= 4 is 0 Å². The van der Waals surface area contributed by atoms with Crippen LogP contribution in [-0.2, 0) is 13.6 Å². The van der Waals surface area contributed by atoms with E-state index >= 15 is 0 Å². The normalized spacial score (nSPS) is 12.9. The van der Waals surface area contributed by atoms with Crippen molar-refractivity contribution in [2.45, 2.75) is 26.4 Å². The molecule has 0 radical (unpaired) electrons. The Morgan fingerprint density at radius 2 is 2.29 bits per heavy atom. The zero-order chi connectivity index (χ0) is 12.3. The van der Waals surface area contributed by atoms with Crippen LogP contribution < -0.4 is 5.32 Å². The molecule has 2 heterocycles. The van der Waals surface area contributed by atoms with Gasteiger partial charge in [-0.1, -0.05) is 0 Å². The highest BCUT2D eigenvalue weighted by atomic mass is 15.3. The molecular weight excluding hydrogens is 214 g/mol. The SMILES string of the molecule is Cc1cnn(CCNC(C)c2nccn2C)c1. The number of hydrogen-bond acceptors (Lipinski definition) is 3. The average Bonchev–Trinajstić information content (AvgIpc) is 2.87. The number of aryl methyl sites for hydroxylation is 2. The number of rotatable bonds is 5. The van der Waals surface area contributed by atoms with Crippen molar-refractivity contribution in [2.75, 3.05) is 6.54 Å². The second-order valence-corrected chi connectivity index (χ2v) is 4.35. The van der Waals surface area contributed by atoms with Crippen molar-refractivity contribution in [3.05, 3.63) is 36.2 Å². The van der Waals surface area contributed by atoms with E-state index in [2.05, 4.69) is 22.3 Å². The second kappa shape index (κ2) is 5.14. The van der Waals surface area contributed by atoms with Crippen molar-refractivity contribution in [1.29, 1.82) is 0 Å². The predicted molar refractivity (Wildman–Crippen MR) is 66.6 cm³/mol. The van der Waals surface area contributed by atoms with Gasteiger partial charge in [-0.15, -0.1) is 0 Å². The summed E-state index contributed by atoms with van der Waals surface area (Å²) in [5.74, 6) is 1.06. The highest BCUT2D eigenvalue weighted by molar-refractivity contribution is 4.99. The molecule has 5 nitrogen and oxygen atoms in total. The van der Waals surface area contributed by atoms with E-state index in [0.29, 0.717) is 0 Å². The summed E-state index contributed by atoms with van der Waals surface area (Å²) in [4.78, 5) is 4.32. The lowest BCUT2D eigenvalue weighted by Crippen LogP contribution is -2.25. The molecule has 0 spiro atoms. The smallest absolute Gasteiger partial charge is 0.125 e. The summed E-state index contributed by atoms with van der Waals surface area (Å²) >= 11 is 0. The lowest BCUT2D eigenvalue weighted by molar-refractivity contribution is 0.485. The molecule has 0 aliphatic heterocycles. The van der Waals surface area contributed by atoms with Gasteiger partial charge in [0, 0.05) is 32.2 Å². The van der Waals surface area contributed by atoms with Gasteiger partial charge in [0.15, 0.2) is 0 Å². The standard InChI is InChI=1S/C12H19N5/c1-10-8-15-17(9-10)7-5-13-11(2)12-14-4-6-16(12)3/h4,6,8-9,11,13H,5,7H2,1-3H3. The molecule has 2 aromatic rings. The molecular formula is C12H19N5. The Balaban J connectivity index is 1.81. The molecule has 2 rings (SSSR count). The summed E-state index contributed by atoms with van der Waals surface area (Å²) in [6.45, 7) is 5.93. The molecule has 0 aliphatic carbocycles. The largest absolute Gasteiger partial charge is 0.337 e. The average molecular weight is 233 g/mol. The van der Waals surface area contributed by atoms with E-state index < -0.39 is 0 Å². The summed E-state index contributed by atoms with van der Waals surface area (Å²) in [5.41, 5.74) is 1.20. The quantitative estimate of drug-likeness (QED) is 0.846. The highest BCUT2D eigenvalue weighted by Crippen LogP contribution is 2.07. The topological polar surface area (TPSA) is 47.7 Å². The molecule has 0 aromatic carbocycles. The summed E-state index contributed by atoms with van der Waals surface area (Å²) in [5, 5.41) is 7.69. The van der Waals surface area contributed by atoms with E-state index in [9.17, 15) is 0 Å². The third-order valence-electron chi connectivity index (χ3n) is 2.80. The maximum Gasteiger partial charge on any atom is 0.125 e. The molecule has 0 aliphatic rings. The molecule has 2 aromatic heterocycles. The summed E-state index contributed by atoms with van der Waals surface area (Å²) in [6.07, 6.45) is 7.71. The fourth-order valence-corrected chi connectivity index (χ4v) is 1.87. The van der Waals surface area contributed by atoms with Gasteiger partial charge in [-0.3, -0.25) is 4.68 Å². The molecule has 0 saturated carbocycles. The van der Waals surface area contributed by atoms with Gasteiger partial charge in [-0.25, -0.2) is 4.98 Å². The van der Waals surface area contributed by atoms with Gasteiger partial charge in [-0.05, 0) is 19.4 Å². The Morgan fingerprint density at radius 1 is 1.47 bits per heavy atom. The van der Waals surface area contributed by atoms with Crippen molar-refractivity contribution in [1.82, 2.24) is 24.6 Å². The zero-order valence-electron chi connectivity index (χ0n) is 10.6. The lowest BCUT2D eigenvalue weighted by atomic mass is 10.3. The lowest BCUT2D eigenvalue weighted by Gasteiger charge is -2.13. The van der Waals surface area contributed by atoms with Crippen molar-refractivity contribution in [3.8, 4) is 0 Å². The van der Waals surface area contributed by atoms with Gasteiger partial charge < -0.3 is 9.88 Å². The van der Waals surface area contributed by atoms with E-state index in [0.717, 1.165) is 18.9 Å². The van der Waals surface area contributed by atoms with Crippen LogP contribution in [0.15, 0.2) is 24.8 Å². The van der Waals surface area contributed by atoms with Crippen LogP contribution in [0.3, 0.4) is 0 Å². The zero-order valence-corrected chi connectivity index (χ0v) is 10.6. The molecule has 5 heteroatoms. The summed E-state index contributed by atoms with van der Waals surface area (Å²) in [7, 11) is 2.01. The Bertz CT molecular complexity index is 471. The van der Waals surface area contributed by atoms with Crippen LogP contribution in [0, 0.1) is 6.92 Å². The van der Waals surface area contributed by atoms with E-state index in [1.54, 1.807) is 0 Å². The molecule has 0 bridgehead atoms. The first-order valence-electron chi connectivity index (χ1n) is 5.86. The van der Waals surface area contributed by atoms with E-state index in [-0.39, 0.29) is 6.04 Å². The second-order valence-electron chi connectivity index (χ2n) is 4.35. The fourth-order valence-electron chi connectivity index (χ4n) is 1.87. The van der Waals surface area contributed by atoms with E-state index in [1.165, 1.54) is 5.56 Å². The van der Waals surface area contributed by atoms with Crippen LogP contribution in [0.4, 0.5) is 0 Å². The van der Waals surface area contributed by atoms with Crippen LogP contribution in [-0.4, -0.2) is 25.9 Å². The maximum absolute atomic E-state index is 4.32. The van der Waals surface area contributed by atoms with E-state index in [1.807, 2.05) is 48.0 Å². The minimum Gasteiger partial charge on any atom is -0.337 e. The molecule has 92 valence electrons. The number of imidazole rings is 1. The number of nitrogens with one attached hydrogen (secondary N) is 1. The van der Waals surface area contributed by atoms with Crippen LogP contribution in [0.2, 0.25) is 0 Å². The number of hydrogen-bond donors (Lipinski definition) is 1. The van der Waals surface area contributed by atoms with Gasteiger partial charge in [0.2, 0.25) is 0 Å². The van der Waals surface area contributed by atoms with Gasteiger partial charge >= 0.3 is 0 Å². The van der Waals surface area contributed by atoms with Gasteiger partial charge in [0.05, 0.1) is 18.8 Å².